The van der Waals surface area contributed by atoms with Crippen LogP contribution in [-0.2, 0) is 0 Å². The van der Waals surface area contributed by atoms with Gasteiger partial charge in [0.15, 0.2) is 0 Å². The summed E-state index contributed by atoms with van der Waals surface area (Å²) in [6.07, 6.45) is 7.42. The number of H-pyrrole nitrogens is 1. The minimum absolute atomic E-state index is 0.169. The summed E-state index contributed by atoms with van der Waals surface area (Å²) in [4.78, 5) is 13.7. The number of halogens is 1. The Morgan fingerprint density at radius 3 is 3.05 bits per heavy atom. The molecule has 2 N–H and O–H groups in total. The predicted molar refractivity (Wildman–Crippen MR) is 82.5 cm³/mol. The van der Waals surface area contributed by atoms with Crippen LogP contribution in [0.1, 0.15) is 5.69 Å². The van der Waals surface area contributed by atoms with Crippen LogP contribution in [0.4, 0.5) is 10.5 Å². The van der Waals surface area contributed by atoms with E-state index in [1.807, 2.05) is 37.3 Å². The van der Waals surface area contributed by atoms with Gasteiger partial charge in [0.05, 0.1) is 11.2 Å². The number of anilines is 1. The summed E-state index contributed by atoms with van der Waals surface area (Å²) in [7, 11) is 0. The van der Waals surface area contributed by atoms with Crippen LogP contribution in [0, 0.1) is 6.92 Å². The van der Waals surface area contributed by atoms with Crippen LogP contribution >= 0.6 is 15.9 Å². The third kappa shape index (κ3) is 2.34. The number of hydrogen-bond donors (Lipinski definition) is 2. The van der Waals surface area contributed by atoms with Crippen molar-refractivity contribution in [3.05, 3.63) is 46.7 Å². The van der Waals surface area contributed by atoms with Gasteiger partial charge in [-0.25, -0.2) is 4.79 Å². The van der Waals surface area contributed by atoms with Crippen molar-refractivity contribution in [2.45, 2.75) is 6.92 Å². The maximum atomic E-state index is 12.1. The zero-order chi connectivity index (χ0) is 14.1. The fraction of sp³-hybridized carbons (Fsp3) is 0.143. The Balaban J connectivity index is 1.87. The van der Waals surface area contributed by atoms with E-state index in [0.29, 0.717) is 12.2 Å². The number of benzene rings is 1. The van der Waals surface area contributed by atoms with Gasteiger partial charge < -0.3 is 5.32 Å². The smallest absolute Gasteiger partial charge is 0.306 e. The predicted octanol–water partition coefficient (Wildman–Crippen LogP) is 3.55. The fourth-order valence-electron chi connectivity index (χ4n) is 2.06. The first-order chi connectivity index (χ1) is 9.65. The number of urea groups is 1. The molecule has 20 heavy (non-hydrogen) atoms. The number of fused-ring (bicyclic) bond motifs is 1. The highest BCUT2D eigenvalue weighted by Gasteiger charge is 2.14. The molecule has 0 bridgehead atoms. The van der Waals surface area contributed by atoms with Crippen molar-refractivity contribution in [3.8, 4) is 0 Å². The number of carbonyl (C=O) groups excluding carboxylic acids is 1. The van der Waals surface area contributed by atoms with Crippen LogP contribution in [0.25, 0.3) is 10.9 Å². The van der Waals surface area contributed by atoms with Crippen LogP contribution in [0.5, 0.6) is 0 Å². The summed E-state index contributed by atoms with van der Waals surface area (Å²) in [5, 5.41) is 11.1. The lowest BCUT2D eigenvalue weighted by Gasteiger charge is -2.19. The molecule has 3 rings (SSSR count). The first kappa shape index (κ1) is 12.9. The molecule has 0 aliphatic carbocycles. The number of aryl methyl sites for hydroxylation is 1. The Labute approximate surface area is 124 Å². The van der Waals surface area contributed by atoms with Gasteiger partial charge in [0.25, 0.3) is 0 Å². The maximum Gasteiger partial charge on any atom is 0.326 e. The van der Waals surface area contributed by atoms with Gasteiger partial charge in [0.2, 0.25) is 0 Å². The molecule has 0 radical (unpaired) electrons. The van der Waals surface area contributed by atoms with Gasteiger partial charge in [-0.05, 0) is 41.1 Å². The number of nitrogens with one attached hydrogen (secondary N) is 2. The Morgan fingerprint density at radius 1 is 1.45 bits per heavy atom. The lowest BCUT2D eigenvalue weighted by molar-refractivity contribution is 0.231. The van der Waals surface area contributed by atoms with Gasteiger partial charge >= 0.3 is 6.03 Å². The third-order valence-electron chi connectivity index (χ3n) is 3.15. The number of hydrogen-bond acceptors (Lipinski definition) is 2. The number of aromatic nitrogens is 2. The SMILES string of the molecule is Cc1[nH]nc2cc(NC(=O)N3C=CC=CC3)c(Br)cc12. The van der Waals surface area contributed by atoms with Crippen LogP contribution in [0.2, 0.25) is 0 Å². The molecule has 0 unspecified atom stereocenters. The molecule has 2 heterocycles. The normalized spacial score (nSPS) is 14.0. The van der Waals surface area contributed by atoms with Crippen molar-refractivity contribution in [2.75, 3.05) is 11.9 Å². The van der Waals surface area contributed by atoms with Crippen LogP contribution in [-0.4, -0.2) is 27.7 Å². The van der Waals surface area contributed by atoms with E-state index in [1.165, 1.54) is 0 Å². The summed E-state index contributed by atoms with van der Waals surface area (Å²) >= 11 is 3.48. The minimum atomic E-state index is -0.169. The average molecular weight is 333 g/mol. The van der Waals surface area contributed by atoms with Gasteiger partial charge in [-0.3, -0.25) is 10.00 Å². The molecule has 0 fully saturated rings. The first-order valence-electron chi connectivity index (χ1n) is 6.20. The fourth-order valence-corrected chi connectivity index (χ4v) is 2.50. The summed E-state index contributed by atoms with van der Waals surface area (Å²) in [5.41, 5.74) is 2.54. The van der Waals surface area contributed by atoms with E-state index in [9.17, 15) is 4.79 Å². The Kier molecular flexibility index (Phi) is 3.31. The Hall–Kier alpha value is -2.08. The van der Waals surface area contributed by atoms with E-state index in [1.54, 1.807) is 11.1 Å². The highest BCUT2D eigenvalue weighted by molar-refractivity contribution is 9.10. The highest BCUT2D eigenvalue weighted by Crippen LogP contribution is 2.29. The molecule has 0 spiro atoms. The largest absolute Gasteiger partial charge is 0.326 e. The standard InChI is InChI=1S/C14H13BrN4O/c1-9-10-7-11(15)13(8-12(10)18-17-9)16-14(20)19-5-3-2-4-6-19/h2-5,7-8H,6H2,1H3,(H,16,20)(H,17,18). The van der Waals surface area contributed by atoms with Crippen molar-refractivity contribution < 1.29 is 4.79 Å². The molecule has 5 nitrogen and oxygen atoms in total. The van der Waals surface area contributed by atoms with E-state index in [-0.39, 0.29) is 6.03 Å². The number of allylic oxidation sites excluding steroid dienone is 2. The highest BCUT2D eigenvalue weighted by atomic mass is 79.9. The molecule has 0 saturated heterocycles. The number of nitrogens with zero attached hydrogens (tertiary/aromatic N) is 2. The molecule has 1 aliphatic heterocycles. The van der Waals surface area contributed by atoms with Gasteiger partial charge in [0.1, 0.15) is 0 Å². The Bertz CT molecular complexity index is 732. The van der Waals surface area contributed by atoms with Gasteiger partial charge in [-0.15, -0.1) is 0 Å². The molecule has 2 amide bonds. The second-order valence-electron chi connectivity index (χ2n) is 4.55. The van der Waals surface area contributed by atoms with Crippen molar-refractivity contribution in [1.82, 2.24) is 15.1 Å². The molecular weight excluding hydrogens is 320 g/mol. The molecule has 1 aliphatic rings. The number of rotatable bonds is 1. The summed E-state index contributed by atoms with van der Waals surface area (Å²) < 4.78 is 0.833. The topological polar surface area (TPSA) is 61.0 Å². The number of amides is 2. The van der Waals surface area contributed by atoms with Crippen molar-refractivity contribution in [1.29, 1.82) is 0 Å². The van der Waals surface area contributed by atoms with Crippen molar-refractivity contribution in [3.63, 3.8) is 0 Å². The van der Waals surface area contributed by atoms with Crippen LogP contribution in [0.3, 0.4) is 0 Å². The molecule has 0 atom stereocenters. The van der Waals surface area contributed by atoms with Gasteiger partial charge in [-0.1, -0.05) is 12.2 Å². The van der Waals surface area contributed by atoms with Crippen LogP contribution < -0.4 is 5.32 Å². The lowest BCUT2D eigenvalue weighted by atomic mass is 10.2. The van der Waals surface area contributed by atoms with E-state index in [2.05, 4.69) is 31.4 Å². The van der Waals surface area contributed by atoms with E-state index in [0.717, 1.165) is 21.1 Å². The quantitative estimate of drug-likeness (QED) is 0.838. The first-order valence-corrected chi connectivity index (χ1v) is 6.99. The summed E-state index contributed by atoms with van der Waals surface area (Å²) in [6.45, 7) is 2.54. The Morgan fingerprint density at radius 2 is 2.30 bits per heavy atom. The molecule has 2 aromatic rings. The van der Waals surface area contributed by atoms with Gasteiger partial charge in [0, 0.05) is 28.3 Å². The third-order valence-corrected chi connectivity index (χ3v) is 3.81. The summed E-state index contributed by atoms with van der Waals surface area (Å²) in [6, 6.07) is 3.64. The zero-order valence-electron chi connectivity index (χ0n) is 10.9. The summed E-state index contributed by atoms with van der Waals surface area (Å²) in [5.74, 6) is 0. The van der Waals surface area contributed by atoms with Crippen molar-refractivity contribution in [2.24, 2.45) is 0 Å². The molecule has 6 heteroatoms. The van der Waals surface area contributed by atoms with E-state index in [4.69, 9.17) is 0 Å². The number of aromatic amines is 1. The molecule has 1 aromatic carbocycles. The molecular formula is C14H13BrN4O. The molecule has 102 valence electrons. The molecule has 1 aromatic heterocycles. The van der Waals surface area contributed by atoms with E-state index >= 15 is 0 Å². The zero-order valence-corrected chi connectivity index (χ0v) is 12.4. The second-order valence-corrected chi connectivity index (χ2v) is 5.40. The van der Waals surface area contributed by atoms with Crippen molar-refractivity contribution >= 4 is 38.6 Å². The maximum absolute atomic E-state index is 12.1. The minimum Gasteiger partial charge on any atom is -0.306 e. The van der Waals surface area contributed by atoms with E-state index < -0.39 is 0 Å². The monoisotopic (exact) mass is 332 g/mol. The number of carbonyl (C=O) groups is 1. The average Bonchev–Trinajstić information content (AvgIpc) is 2.81. The lowest BCUT2D eigenvalue weighted by Crippen LogP contribution is -2.31. The second kappa shape index (κ2) is 5.13. The van der Waals surface area contributed by atoms with Gasteiger partial charge in [-0.2, -0.15) is 5.10 Å². The van der Waals surface area contributed by atoms with Crippen LogP contribution in [0.15, 0.2) is 41.0 Å². The molecule has 0 saturated carbocycles.